The summed E-state index contributed by atoms with van der Waals surface area (Å²) in [5.74, 6) is -0.365. The van der Waals surface area contributed by atoms with Crippen LogP contribution in [0, 0.1) is 10.1 Å². The molecule has 0 radical (unpaired) electrons. The van der Waals surface area contributed by atoms with Gasteiger partial charge in [0, 0.05) is 43.9 Å². The van der Waals surface area contributed by atoms with Gasteiger partial charge in [-0.15, -0.1) is 0 Å². The summed E-state index contributed by atoms with van der Waals surface area (Å²) in [5.41, 5.74) is 0.257. The van der Waals surface area contributed by atoms with Crippen LogP contribution in [0.25, 0.3) is 0 Å². The van der Waals surface area contributed by atoms with E-state index in [0.29, 0.717) is 25.3 Å². The number of amides is 1. The molecule has 2 rings (SSSR count). The number of non-ortho nitro benzene ring substituents is 1. The van der Waals surface area contributed by atoms with E-state index in [1.165, 1.54) is 24.3 Å². The molecule has 1 atom stereocenters. The van der Waals surface area contributed by atoms with Crippen LogP contribution in [0.1, 0.15) is 10.4 Å². The summed E-state index contributed by atoms with van der Waals surface area (Å²) in [6.07, 6.45) is -0.667. The van der Waals surface area contributed by atoms with Gasteiger partial charge in [0.15, 0.2) is 0 Å². The predicted molar refractivity (Wildman–Crippen MR) is 78.7 cm³/mol. The van der Waals surface area contributed by atoms with Gasteiger partial charge in [0.1, 0.15) is 0 Å². The Morgan fingerprint density at radius 1 is 1.36 bits per heavy atom. The van der Waals surface area contributed by atoms with Crippen molar-refractivity contribution in [1.82, 2.24) is 10.2 Å². The molecule has 2 N–H and O–H groups in total. The van der Waals surface area contributed by atoms with Crippen molar-refractivity contribution in [2.45, 2.75) is 6.10 Å². The lowest BCUT2D eigenvalue weighted by molar-refractivity contribution is -0.384. The summed E-state index contributed by atoms with van der Waals surface area (Å²) in [6.45, 7) is 3.46. The first-order chi connectivity index (χ1) is 10.6. The molecule has 1 saturated heterocycles. The summed E-state index contributed by atoms with van der Waals surface area (Å²) in [7, 11) is 0. The Hall–Kier alpha value is -2.03. The maximum Gasteiger partial charge on any atom is 0.269 e. The quantitative estimate of drug-likeness (QED) is 0.567. The highest BCUT2D eigenvalue weighted by atomic mass is 16.6. The molecule has 1 amide bonds. The number of aliphatic hydroxyl groups is 1. The van der Waals surface area contributed by atoms with Crippen LogP contribution < -0.4 is 5.32 Å². The van der Waals surface area contributed by atoms with Crippen molar-refractivity contribution in [3.63, 3.8) is 0 Å². The zero-order valence-corrected chi connectivity index (χ0v) is 12.1. The average molecular weight is 309 g/mol. The monoisotopic (exact) mass is 309 g/mol. The molecular formula is C14H19N3O5. The SMILES string of the molecule is O=C(NC[C@H](O)CN1CCOCC1)c1ccc([N+](=O)[O-])cc1. The first kappa shape index (κ1) is 16.3. The largest absolute Gasteiger partial charge is 0.390 e. The van der Waals surface area contributed by atoms with Crippen molar-refractivity contribution in [2.24, 2.45) is 0 Å². The van der Waals surface area contributed by atoms with E-state index in [2.05, 4.69) is 10.2 Å². The molecule has 0 aromatic heterocycles. The normalized spacial score (nSPS) is 17.0. The van der Waals surface area contributed by atoms with E-state index in [1.807, 2.05) is 0 Å². The van der Waals surface area contributed by atoms with E-state index < -0.39 is 11.0 Å². The van der Waals surface area contributed by atoms with Crippen molar-refractivity contribution >= 4 is 11.6 Å². The maximum absolute atomic E-state index is 11.9. The molecular weight excluding hydrogens is 290 g/mol. The van der Waals surface area contributed by atoms with Gasteiger partial charge in [0.05, 0.1) is 24.2 Å². The Bertz CT molecular complexity index is 514. The van der Waals surface area contributed by atoms with E-state index in [4.69, 9.17) is 4.74 Å². The Kier molecular flexibility index (Phi) is 5.82. The number of benzene rings is 1. The number of nitrogens with one attached hydrogen (secondary N) is 1. The fourth-order valence-corrected chi connectivity index (χ4v) is 2.19. The van der Waals surface area contributed by atoms with Gasteiger partial charge in [-0.2, -0.15) is 0 Å². The minimum atomic E-state index is -0.667. The lowest BCUT2D eigenvalue weighted by Crippen LogP contribution is -2.44. The van der Waals surface area contributed by atoms with Crippen molar-refractivity contribution in [2.75, 3.05) is 39.4 Å². The topological polar surface area (TPSA) is 105 Å². The number of carbonyl (C=O) groups excluding carboxylic acids is 1. The molecule has 0 bridgehead atoms. The Balaban J connectivity index is 1.77. The van der Waals surface area contributed by atoms with Gasteiger partial charge < -0.3 is 15.2 Å². The number of nitro benzene ring substituents is 1. The van der Waals surface area contributed by atoms with Crippen LogP contribution in [0.15, 0.2) is 24.3 Å². The number of carbonyl (C=O) groups is 1. The van der Waals surface area contributed by atoms with Crippen LogP contribution in [0.4, 0.5) is 5.69 Å². The van der Waals surface area contributed by atoms with E-state index in [9.17, 15) is 20.0 Å². The maximum atomic E-state index is 11.9. The van der Waals surface area contributed by atoms with Crippen LogP contribution >= 0.6 is 0 Å². The molecule has 22 heavy (non-hydrogen) atoms. The number of nitrogens with zero attached hydrogens (tertiary/aromatic N) is 2. The number of morpholine rings is 1. The second-order valence-electron chi connectivity index (χ2n) is 5.08. The molecule has 0 spiro atoms. The molecule has 1 aliphatic rings. The minimum Gasteiger partial charge on any atom is -0.390 e. The molecule has 120 valence electrons. The molecule has 1 aromatic rings. The number of β-amino-alcohol motifs (C(OH)–C–C–N with tert-alkyl or cyclic N) is 1. The highest BCUT2D eigenvalue weighted by Crippen LogP contribution is 2.11. The van der Waals surface area contributed by atoms with E-state index >= 15 is 0 Å². The Morgan fingerprint density at radius 3 is 2.59 bits per heavy atom. The summed E-state index contributed by atoms with van der Waals surface area (Å²) >= 11 is 0. The number of ether oxygens (including phenoxy) is 1. The third-order valence-corrected chi connectivity index (χ3v) is 3.41. The first-order valence-corrected chi connectivity index (χ1v) is 7.07. The lowest BCUT2D eigenvalue weighted by atomic mass is 10.2. The smallest absolute Gasteiger partial charge is 0.269 e. The standard InChI is InChI=1S/C14H19N3O5/c18-13(10-16-5-7-22-8-6-16)9-15-14(19)11-1-3-12(4-2-11)17(20)21/h1-4,13,18H,5-10H2,(H,15,19)/t13-/m0/s1. The van der Waals surface area contributed by atoms with Crippen molar-refractivity contribution in [3.8, 4) is 0 Å². The first-order valence-electron chi connectivity index (χ1n) is 7.07. The number of rotatable bonds is 6. The molecule has 1 fully saturated rings. The number of hydrogen-bond acceptors (Lipinski definition) is 6. The van der Waals surface area contributed by atoms with E-state index in [0.717, 1.165) is 13.1 Å². The summed E-state index contributed by atoms with van der Waals surface area (Å²) < 4.78 is 5.22. The van der Waals surface area contributed by atoms with Crippen LogP contribution in [0.5, 0.6) is 0 Å². The fraction of sp³-hybridized carbons (Fsp3) is 0.500. The van der Waals surface area contributed by atoms with Gasteiger partial charge in [-0.05, 0) is 12.1 Å². The Morgan fingerprint density at radius 2 is 2.00 bits per heavy atom. The second-order valence-corrected chi connectivity index (χ2v) is 5.08. The molecule has 0 saturated carbocycles. The van der Waals surface area contributed by atoms with Gasteiger partial charge in [-0.25, -0.2) is 0 Å². The van der Waals surface area contributed by atoms with Crippen molar-refractivity contribution in [3.05, 3.63) is 39.9 Å². The van der Waals surface area contributed by atoms with Crippen molar-refractivity contribution in [1.29, 1.82) is 0 Å². The summed E-state index contributed by atoms with van der Waals surface area (Å²) in [4.78, 5) is 24.0. The third kappa shape index (κ3) is 4.76. The Labute approximate surface area is 127 Å². The molecule has 1 aliphatic heterocycles. The fourth-order valence-electron chi connectivity index (χ4n) is 2.19. The number of aliphatic hydroxyl groups excluding tert-OH is 1. The van der Waals surface area contributed by atoms with E-state index in [-0.39, 0.29) is 18.1 Å². The summed E-state index contributed by atoms with van der Waals surface area (Å²) in [6, 6.07) is 5.34. The molecule has 1 aromatic carbocycles. The zero-order valence-electron chi connectivity index (χ0n) is 12.1. The van der Waals surface area contributed by atoms with Crippen LogP contribution in [0.2, 0.25) is 0 Å². The van der Waals surface area contributed by atoms with Crippen LogP contribution in [-0.2, 0) is 4.74 Å². The molecule has 8 nitrogen and oxygen atoms in total. The number of hydrogen-bond donors (Lipinski definition) is 2. The van der Waals surface area contributed by atoms with Gasteiger partial charge in [-0.3, -0.25) is 19.8 Å². The zero-order chi connectivity index (χ0) is 15.9. The third-order valence-electron chi connectivity index (χ3n) is 3.41. The van der Waals surface area contributed by atoms with Gasteiger partial charge in [-0.1, -0.05) is 0 Å². The predicted octanol–water partition coefficient (Wildman–Crippen LogP) is 0.0177. The lowest BCUT2D eigenvalue weighted by Gasteiger charge is -2.28. The highest BCUT2D eigenvalue weighted by Gasteiger charge is 2.16. The van der Waals surface area contributed by atoms with E-state index in [1.54, 1.807) is 0 Å². The van der Waals surface area contributed by atoms with Crippen molar-refractivity contribution < 1.29 is 19.6 Å². The average Bonchev–Trinajstić information content (AvgIpc) is 2.53. The second kappa shape index (κ2) is 7.83. The minimum absolute atomic E-state index is 0.0658. The van der Waals surface area contributed by atoms with Crippen LogP contribution in [-0.4, -0.2) is 66.3 Å². The van der Waals surface area contributed by atoms with Gasteiger partial charge >= 0.3 is 0 Å². The summed E-state index contributed by atoms with van der Waals surface area (Å²) in [5, 5.41) is 23.1. The molecule has 0 unspecified atom stereocenters. The molecule has 8 heteroatoms. The molecule has 1 heterocycles. The number of nitro groups is 1. The van der Waals surface area contributed by atoms with Gasteiger partial charge in [0.25, 0.3) is 11.6 Å². The molecule has 0 aliphatic carbocycles. The highest BCUT2D eigenvalue weighted by molar-refractivity contribution is 5.94. The van der Waals surface area contributed by atoms with Gasteiger partial charge in [0.2, 0.25) is 0 Å². The van der Waals surface area contributed by atoms with Crippen LogP contribution in [0.3, 0.4) is 0 Å².